The monoisotopic (exact) mass is 366 g/mol. The Morgan fingerprint density at radius 3 is 2.65 bits per heavy atom. The summed E-state index contributed by atoms with van der Waals surface area (Å²) in [7, 11) is 0. The van der Waals surface area contributed by atoms with Gasteiger partial charge in [0.15, 0.2) is 10.8 Å². The van der Waals surface area contributed by atoms with Crippen LogP contribution in [0.2, 0.25) is 0 Å². The number of nitrogens with zero attached hydrogens (tertiary/aromatic N) is 4. The summed E-state index contributed by atoms with van der Waals surface area (Å²) in [6, 6.07) is 9.88. The average molecular weight is 366 g/mol. The van der Waals surface area contributed by atoms with Gasteiger partial charge in [-0.05, 0) is 43.3 Å². The largest absolute Gasteiger partial charge is 0.469 e. The molecule has 0 saturated carbocycles. The average Bonchev–Trinajstić information content (AvgIpc) is 3.38. The maximum absolute atomic E-state index is 13.1. The molecule has 4 heterocycles. The molecule has 0 N–H and O–H groups in total. The van der Waals surface area contributed by atoms with Crippen molar-refractivity contribution in [3.8, 4) is 33.3 Å². The molecular weight excluding hydrogens is 355 g/mol. The summed E-state index contributed by atoms with van der Waals surface area (Å²) in [6.45, 7) is 1.87. The Kier molecular flexibility index (Phi) is 3.26. The second kappa shape index (κ2) is 5.63. The fourth-order valence-electron chi connectivity index (χ4n) is 2.73. The zero-order chi connectivity index (χ0) is 17.7. The van der Waals surface area contributed by atoms with E-state index in [0.717, 1.165) is 27.5 Å². The fraction of sp³-hybridized carbons (Fsp3) is 0.0556. The van der Waals surface area contributed by atoms with Gasteiger partial charge in [-0.2, -0.15) is 9.61 Å². The smallest absolute Gasteiger partial charge is 0.235 e. The first kappa shape index (κ1) is 15.0. The van der Waals surface area contributed by atoms with Crippen LogP contribution in [0.5, 0.6) is 0 Å². The summed E-state index contributed by atoms with van der Waals surface area (Å²) in [5, 5.41) is 13.8. The molecule has 0 atom stereocenters. The third kappa shape index (κ3) is 2.34. The molecule has 5 aromatic rings. The highest BCUT2D eigenvalue weighted by Gasteiger charge is 2.18. The van der Waals surface area contributed by atoms with E-state index in [-0.39, 0.29) is 5.82 Å². The molecule has 26 heavy (non-hydrogen) atoms. The zero-order valence-electron chi connectivity index (χ0n) is 13.5. The van der Waals surface area contributed by atoms with Crippen LogP contribution < -0.4 is 0 Å². The highest BCUT2D eigenvalue weighted by Crippen LogP contribution is 2.33. The third-order valence-electron chi connectivity index (χ3n) is 4.07. The van der Waals surface area contributed by atoms with E-state index in [2.05, 4.69) is 15.3 Å². The molecule has 0 aliphatic carbocycles. The molecule has 0 aliphatic rings. The lowest BCUT2D eigenvalue weighted by atomic mass is 10.1. The molecule has 0 unspecified atom stereocenters. The summed E-state index contributed by atoms with van der Waals surface area (Å²) < 4.78 is 25.7. The Hall–Kier alpha value is -3.26. The quantitative estimate of drug-likeness (QED) is 0.458. The van der Waals surface area contributed by atoms with E-state index < -0.39 is 0 Å². The van der Waals surface area contributed by atoms with Crippen LogP contribution in [0.25, 0.3) is 38.2 Å². The van der Waals surface area contributed by atoms with Gasteiger partial charge >= 0.3 is 0 Å². The van der Waals surface area contributed by atoms with Crippen LogP contribution in [-0.2, 0) is 0 Å². The van der Waals surface area contributed by atoms with Crippen molar-refractivity contribution in [2.45, 2.75) is 6.92 Å². The van der Waals surface area contributed by atoms with Crippen LogP contribution in [0.1, 0.15) is 5.76 Å². The molecule has 0 saturated heterocycles. The maximum atomic E-state index is 13.1. The van der Waals surface area contributed by atoms with Crippen molar-refractivity contribution in [2.24, 2.45) is 0 Å². The molecule has 1 aromatic carbocycles. The zero-order valence-corrected chi connectivity index (χ0v) is 14.3. The summed E-state index contributed by atoms with van der Waals surface area (Å²) in [4.78, 5) is 0.681. The Balaban J connectivity index is 1.55. The molecule has 0 radical (unpaired) electrons. The molecule has 8 heteroatoms. The Morgan fingerprint density at radius 1 is 1.04 bits per heavy atom. The van der Waals surface area contributed by atoms with Gasteiger partial charge in [0.2, 0.25) is 4.96 Å². The number of aryl methyl sites for hydroxylation is 1. The van der Waals surface area contributed by atoms with E-state index in [1.54, 1.807) is 29.2 Å². The van der Waals surface area contributed by atoms with Crippen LogP contribution in [0.4, 0.5) is 4.39 Å². The number of rotatable bonds is 3. The van der Waals surface area contributed by atoms with E-state index in [1.165, 1.54) is 23.5 Å². The Morgan fingerprint density at radius 2 is 1.88 bits per heavy atom. The predicted molar refractivity (Wildman–Crippen MR) is 94.2 cm³/mol. The molecule has 0 fully saturated rings. The Bertz CT molecular complexity index is 1220. The third-order valence-corrected chi connectivity index (χ3v) is 5.01. The van der Waals surface area contributed by atoms with Gasteiger partial charge in [0.05, 0.1) is 17.4 Å². The molecule has 6 nitrogen and oxygen atoms in total. The van der Waals surface area contributed by atoms with Crippen molar-refractivity contribution in [2.75, 3.05) is 0 Å². The highest BCUT2D eigenvalue weighted by molar-refractivity contribution is 7.19. The molecule has 0 spiro atoms. The fourth-order valence-corrected chi connectivity index (χ4v) is 3.55. The minimum atomic E-state index is -0.281. The lowest BCUT2D eigenvalue weighted by Gasteiger charge is -1.94. The van der Waals surface area contributed by atoms with Crippen molar-refractivity contribution >= 4 is 16.3 Å². The molecule has 0 aliphatic heterocycles. The van der Waals surface area contributed by atoms with Crippen molar-refractivity contribution in [3.05, 3.63) is 60.5 Å². The predicted octanol–water partition coefficient (Wildman–Crippen LogP) is 4.82. The topological polar surface area (TPSA) is 69.4 Å². The number of aromatic nitrogens is 4. The molecule has 5 rings (SSSR count). The van der Waals surface area contributed by atoms with Crippen molar-refractivity contribution < 1.29 is 13.2 Å². The Labute approximate surface area is 150 Å². The van der Waals surface area contributed by atoms with Crippen molar-refractivity contribution in [3.63, 3.8) is 0 Å². The van der Waals surface area contributed by atoms with Gasteiger partial charge in [-0.1, -0.05) is 11.3 Å². The molecule has 0 bridgehead atoms. The van der Waals surface area contributed by atoms with Gasteiger partial charge in [0.1, 0.15) is 23.6 Å². The number of hydrogen-bond acceptors (Lipinski definition) is 6. The molecule has 128 valence electrons. The summed E-state index contributed by atoms with van der Waals surface area (Å²) >= 11 is 1.41. The minimum absolute atomic E-state index is 0.281. The van der Waals surface area contributed by atoms with Crippen molar-refractivity contribution in [1.82, 2.24) is 19.8 Å². The van der Waals surface area contributed by atoms with Crippen LogP contribution in [0, 0.1) is 12.7 Å². The van der Waals surface area contributed by atoms with Gasteiger partial charge in [-0.3, -0.25) is 0 Å². The van der Waals surface area contributed by atoms with Gasteiger partial charge in [-0.15, -0.1) is 10.2 Å². The van der Waals surface area contributed by atoms with E-state index >= 15 is 0 Å². The summed E-state index contributed by atoms with van der Waals surface area (Å²) in [5.41, 5.74) is 2.48. The SMILES string of the molecule is Cc1occc1-c1nnc2sc(-c3coc(-c4ccc(F)cc4)c3)nn12. The van der Waals surface area contributed by atoms with Crippen LogP contribution in [0.15, 0.2) is 57.8 Å². The standard InChI is InChI=1S/C18H11FN4O2S/c1-10-14(6-7-24-10)16-20-21-18-23(16)22-17(26-18)12-8-15(25-9-12)11-2-4-13(19)5-3-11/h2-9H,1H3. The van der Waals surface area contributed by atoms with Gasteiger partial charge in [0, 0.05) is 5.56 Å². The first-order chi connectivity index (χ1) is 12.7. The molecule has 0 amide bonds. The van der Waals surface area contributed by atoms with Crippen LogP contribution in [0.3, 0.4) is 0 Å². The highest BCUT2D eigenvalue weighted by atomic mass is 32.1. The second-order valence-corrected chi connectivity index (χ2v) is 6.68. The second-order valence-electron chi connectivity index (χ2n) is 5.72. The number of furan rings is 2. The van der Waals surface area contributed by atoms with Crippen molar-refractivity contribution in [1.29, 1.82) is 0 Å². The number of fused-ring (bicyclic) bond motifs is 1. The van der Waals surface area contributed by atoms with Gasteiger partial charge in [-0.25, -0.2) is 4.39 Å². The summed E-state index contributed by atoms with van der Waals surface area (Å²) in [6.07, 6.45) is 3.25. The number of hydrogen-bond donors (Lipinski definition) is 0. The molecule has 4 aromatic heterocycles. The first-order valence-corrected chi connectivity index (χ1v) is 8.62. The number of halogens is 1. The van der Waals surface area contributed by atoms with E-state index in [9.17, 15) is 4.39 Å². The van der Waals surface area contributed by atoms with Gasteiger partial charge < -0.3 is 8.83 Å². The number of benzene rings is 1. The van der Waals surface area contributed by atoms with Crippen LogP contribution >= 0.6 is 11.3 Å². The maximum Gasteiger partial charge on any atom is 0.235 e. The van der Waals surface area contributed by atoms with Crippen LogP contribution in [-0.4, -0.2) is 19.8 Å². The van der Waals surface area contributed by atoms with E-state index in [1.807, 2.05) is 19.1 Å². The first-order valence-electron chi connectivity index (χ1n) is 7.80. The van der Waals surface area contributed by atoms with E-state index in [4.69, 9.17) is 8.83 Å². The minimum Gasteiger partial charge on any atom is -0.469 e. The van der Waals surface area contributed by atoms with E-state index in [0.29, 0.717) is 16.5 Å². The lowest BCUT2D eigenvalue weighted by molar-refractivity contribution is 0.535. The summed E-state index contributed by atoms with van der Waals surface area (Å²) in [5.74, 6) is 1.76. The normalized spacial score (nSPS) is 11.5. The molecular formula is C18H11FN4O2S. The van der Waals surface area contributed by atoms with Gasteiger partial charge in [0.25, 0.3) is 0 Å². The lowest BCUT2D eigenvalue weighted by Crippen LogP contribution is -1.90.